The van der Waals surface area contributed by atoms with Crippen LogP contribution in [0.4, 0.5) is 0 Å². The summed E-state index contributed by atoms with van der Waals surface area (Å²) in [4.78, 5) is 13.8. The second kappa shape index (κ2) is 6.42. The number of nitrogens with zero attached hydrogens (tertiary/aromatic N) is 1. The SMILES string of the molecule is Cc1ccc2c(ccn2CC(=O)NCC2NCCc3sccc32)c1. The Morgan fingerprint density at radius 1 is 1.38 bits per heavy atom. The van der Waals surface area contributed by atoms with Gasteiger partial charge in [-0.3, -0.25) is 4.79 Å². The summed E-state index contributed by atoms with van der Waals surface area (Å²) in [6.07, 6.45) is 3.08. The summed E-state index contributed by atoms with van der Waals surface area (Å²) in [5.41, 5.74) is 3.68. The molecule has 0 saturated heterocycles. The molecule has 0 fully saturated rings. The Labute approximate surface area is 145 Å². The Hall–Kier alpha value is -2.11. The molecule has 5 heteroatoms. The highest BCUT2D eigenvalue weighted by molar-refractivity contribution is 7.10. The number of aryl methyl sites for hydroxylation is 1. The van der Waals surface area contributed by atoms with Crippen LogP contribution in [-0.2, 0) is 17.8 Å². The van der Waals surface area contributed by atoms with Gasteiger partial charge in [0.05, 0.1) is 6.04 Å². The first kappa shape index (κ1) is 15.4. The van der Waals surface area contributed by atoms with Crippen molar-refractivity contribution in [1.82, 2.24) is 15.2 Å². The highest BCUT2D eigenvalue weighted by Gasteiger charge is 2.21. The molecule has 0 aliphatic carbocycles. The molecule has 1 aliphatic rings. The number of hydrogen-bond acceptors (Lipinski definition) is 3. The molecule has 0 bridgehead atoms. The molecule has 3 aromatic rings. The number of carbonyl (C=O) groups excluding carboxylic acids is 1. The van der Waals surface area contributed by atoms with Crippen molar-refractivity contribution in [3.05, 3.63) is 57.9 Å². The number of aromatic nitrogens is 1. The number of carbonyl (C=O) groups is 1. The number of benzene rings is 1. The van der Waals surface area contributed by atoms with Crippen LogP contribution >= 0.6 is 11.3 Å². The van der Waals surface area contributed by atoms with Crippen molar-refractivity contribution in [2.45, 2.75) is 25.9 Å². The molecule has 124 valence electrons. The van der Waals surface area contributed by atoms with Crippen LogP contribution in [0.15, 0.2) is 41.9 Å². The molecule has 1 atom stereocenters. The molecule has 0 radical (unpaired) electrons. The number of fused-ring (bicyclic) bond motifs is 2. The average molecular weight is 339 g/mol. The van der Waals surface area contributed by atoms with Crippen LogP contribution in [0.25, 0.3) is 10.9 Å². The van der Waals surface area contributed by atoms with Gasteiger partial charge in [-0.05, 0) is 53.9 Å². The van der Waals surface area contributed by atoms with Crippen LogP contribution in [0.2, 0.25) is 0 Å². The van der Waals surface area contributed by atoms with Gasteiger partial charge in [0.15, 0.2) is 0 Å². The van der Waals surface area contributed by atoms with Crippen molar-refractivity contribution in [2.24, 2.45) is 0 Å². The summed E-state index contributed by atoms with van der Waals surface area (Å²) >= 11 is 1.81. The van der Waals surface area contributed by atoms with Crippen LogP contribution in [0.1, 0.15) is 22.0 Å². The van der Waals surface area contributed by atoms with E-state index in [1.54, 1.807) is 0 Å². The molecular formula is C19H21N3OS. The van der Waals surface area contributed by atoms with Gasteiger partial charge in [0.25, 0.3) is 0 Å². The van der Waals surface area contributed by atoms with Gasteiger partial charge in [-0.15, -0.1) is 11.3 Å². The smallest absolute Gasteiger partial charge is 0.240 e. The Balaban J connectivity index is 1.40. The molecule has 4 rings (SSSR count). The van der Waals surface area contributed by atoms with E-state index in [0.717, 1.165) is 18.5 Å². The third-order valence-corrected chi connectivity index (χ3v) is 5.64. The van der Waals surface area contributed by atoms with E-state index in [-0.39, 0.29) is 11.9 Å². The van der Waals surface area contributed by atoms with E-state index in [1.807, 2.05) is 22.1 Å². The zero-order valence-corrected chi connectivity index (χ0v) is 14.5. The van der Waals surface area contributed by atoms with E-state index in [2.05, 4.69) is 53.3 Å². The fourth-order valence-electron chi connectivity index (χ4n) is 3.40. The first-order valence-electron chi connectivity index (χ1n) is 8.32. The summed E-state index contributed by atoms with van der Waals surface area (Å²) in [6.45, 7) is 4.06. The van der Waals surface area contributed by atoms with E-state index in [4.69, 9.17) is 0 Å². The van der Waals surface area contributed by atoms with Crippen molar-refractivity contribution in [2.75, 3.05) is 13.1 Å². The third-order valence-electron chi connectivity index (χ3n) is 4.64. The van der Waals surface area contributed by atoms with Crippen LogP contribution in [-0.4, -0.2) is 23.6 Å². The second-order valence-corrected chi connectivity index (χ2v) is 7.37. The van der Waals surface area contributed by atoms with Gasteiger partial charge >= 0.3 is 0 Å². The van der Waals surface area contributed by atoms with Crippen LogP contribution in [0.3, 0.4) is 0 Å². The van der Waals surface area contributed by atoms with Gasteiger partial charge in [-0.25, -0.2) is 0 Å². The molecule has 24 heavy (non-hydrogen) atoms. The third kappa shape index (κ3) is 2.97. The monoisotopic (exact) mass is 339 g/mol. The number of nitrogens with one attached hydrogen (secondary N) is 2. The molecule has 1 unspecified atom stereocenters. The van der Waals surface area contributed by atoms with Crippen molar-refractivity contribution >= 4 is 28.1 Å². The van der Waals surface area contributed by atoms with E-state index >= 15 is 0 Å². The fourth-order valence-corrected chi connectivity index (χ4v) is 4.35. The molecule has 0 spiro atoms. The second-order valence-electron chi connectivity index (χ2n) is 6.37. The van der Waals surface area contributed by atoms with Gasteiger partial charge in [-0.2, -0.15) is 0 Å². The molecule has 4 nitrogen and oxygen atoms in total. The zero-order valence-electron chi connectivity index (χ0n) is 13.7. The summed E-state index contributed by atoms with van der Waals surface area (Å²) in [5.74, 6) is 0.0530. The molecule has 1 amide bonds. The number of thiophene rings is 1. The average Bonchev–Trinajstić information content (AvgIpc) is 3.20. The van der Waals surface area contributed by atoms with E-state index in [0.29, 0.717) is 13.1 Å². The summed E-state index contributed by atoms with van der Waals surface area (Å²) in [5, 5.41) is 9.90. The highest BCUT2D eigenvalue weighted by Crippen LogP contribution is 2.27. The normalized spacial score (nSPS) is 17.0. The van der Waals surface area contributed by atoms with Gasteiger partial charge in [-0.1, -0.05) is 11.6 Å². The number of rotatable bonds is 4. The molecule has 2 aromatic heterocycles. The Kier molecular flexibility index (Phi) is 4.12. The molecule has 2 N–H and O–H groups in total. The maximum absolute atomic E-state index is 12.4. The lowest BCUT2D eigenvalue weighted by Gasteiger charge is -2.24. The van der Waals surface area contributed by atoms with Crippen molar-refractivity contribution in [3.63, 3.8) is 0 Å². The topological polar surface area (TPSA) is 46.1 Å². The summed E-state index contributed by atoms with van der Waals surface area (Å²) < 4.78 is 2.01. The van der Waals surface area contributed by atoms with E-state index < -0.39 is 0 Å². The maximum Gasteiger partial charge on any atom is 0.240 e. The van der Waals surface area contributed by atoms with Crippen molar-refractivity contribution in [3.8, 4) is 0 Å². The van der Waals surface area contributed by atoms with Gasteiger partial charge < -0.3 is 15.2 Å². The molecule has 1 aromatic carbocycles. The molecule has 1 aliphatic heterocycles. The first-order valence-corrected chi connectivity index (χ1v) is 9.20. The minimum Gasteiger partial charge on any atom is -0.353 e. The first-order chi connectivity index (χ1) is 11.7. The van der Waals surface area contributed by atoms with Crippen LogP contribution in [0, 0.1) is 6.92 Å². The lowest BCUT2D eigenvalue weighted by molar-refractivity contribution is -0.121. The predicted octanol–water partition coefficient (Wildman–Crippen LogP) is 3.01. The van der Waals surface area contributed by atoms with Crippen LogP contribution in [0.5, 0.6) is 0 Å². The summed E-state index contributed by atoms with van der Waals surface area (Å²) in [6, 6.07) is 10.8. The number of amides is 1. The Morgan fingerprint density at radius 2 is 2.29 bits per heavy atom. The lowest BCUT2D eigenvalue weighted by Crippen LogP contribution is -2.39. The minimum atomic E-state index is 0.0530. The largest absolute Gasteiger partial charge is 0.353 e. The van der Waals surface area contributed by atoms with Crippen LogP contribution < -0.4 is 10.6 Å². The highest BCUT2D eigenvalue weighted by atomic mass is 32.1. The lowest BCUT2D eigenvalue weighted by atomic mass is 10.0. The number of hydrogen-bond donors (Lipinski definition) is 2. The predicted molar refractivity (Wildman–Crippen MR) is 98.5 cm³/mol. The van der Waals surface area contributed by atoms with Crippen molar-refractivity contribution in [1.29, 1.82) is 0 Å². The van der Waals surface area contributed by atoms with Gasteiger partial charge in [0.1, 0.15) is 6.54 Å². The van der Waals surface area contributed by atoms with Gasteiger partial charge in [0.2, 0.25) is 5.91 Å². The van der Waals surface area contributed by atoms with Crippen molar-refractivity contribution < 1.29 is 4.79 Å². The maximum atomic E-state index is 12.4. The minimum absolute atomic E-state index is 0.0530. The standard InChI is InChI=1S/C19H21N3OS/c1-13-2-3-17-14(10-13)5-8-22(17)12-19(23)21-11-16-15-6-9-24-18(15)4-7-20-16/h2-3,5-6,8-10,16,20H,4,7,11-12H2,1H3,(H,21,23). The van der Waals surface area contributed by atoms with E-state index in [1.165, 1.54) is 21.4 Å². The van der Waals surface area contributed by atoms with E-state index in [9.17, 15) is 4.79 Å². The molecule has 0 saturated carbocycles. The summed E-state index contributed by atoms with van der Waals surface area (Å²) in [7, 11) is 0. The quantitative estimate of drug-likeness (QED) is 0.767. The molecular weight excluding hydrogens is 318 g/mol. The zero-order chi connectivity index (χ0) is 16.5. The fraction of sp³-hybridized carbons (Fsp3) is 0.316. The van der Waals surface area contributed by atoms with Gasteiger partial charge in [0, 0.05) is 29.7 Å². The molecule has 3 heterocycles. The Morgan fingerprint density at radius 3 is 3.21 bits per heavy atom. The Bertz CT molecular complexity index is 880.